The number of anilines is 6. The van der Waals surface area contributed by atoms with E-state index in [1.165, 1.54) is 11.1 Å². The van der Waals surface area contributed by atoms with Gasteiger partial charge < -0.3 is 31.3 Å². The van der Waals surface area contributed by atoms with Crippen LogP contribution in [0.5, 0.6) is 17.2 Å². The van der Waals surface area contributed by atoms with Crippen molar-refractivity contribution in [2.45, 2.75) is 186 Å². The fourth-order valence-corrected chi connectivity index (χ4v) is 11.7. The van der Waals surface area contributed by atoms with Crippen LogP contribution in [0.2, 0.25) is 0 Å². The number of phenolic OH excluding ortho intramolecular Hbond substituents is 3. The van der Waals surface area contributed by atoms with E-state index >= 15 is 0 Å². The molecule has 6 heteroatoms. The molecular formula is C68H97N3O3. The molecule has 0 spiro atoms. The second kappa shape index (κ2) is 23.8. The van der Waals surface area contributed by atoms with Crippen LogP contribution in [0.4, 0.5) is 34.1 Å². The van der Waals surface area contributed by atoms with Crippen LogP contribution in [0, 0.1) is 21.7 Å². The van der Waals surface area contributed by atoms with Crippen LogP contribution in [0.3, 0.4) is 0 Å². The lowest BCUT2D eigenvalue weighted by atomic mass is 9.72. The van der Waals surface area contributed by atoms with Gasteiger partial charge in [0.2, 0.25) is 0 Å². The van der Waals surface area contributed by atoms with Gasteiger partial charge in [-0.15, -0.1) is 0 Å². The Morgan fingerprint density at radius 2 is 0.568 bits per heavy atom. The maximum absolute atomic E-state index is 10.7. The average molecular weight is 1000 g/mol. The van der Waals surface area contributed by atoms with E-state index in [0.29, 0.717) is 22.3 Å². The lowest BCUT2D eigenvalue weighted by Gasteiger charge is -2.33. The first-order valence-corrected chi connectivity index (χ1v) is 26.9. The summed E-state index contributed by atoms with van der Waals surface area (Å²) in [6.07, 6.45) is 4.29. The molecule has 0 heterocycles. The average Bonchev–Trinajstić information content (AvgIpc) is 3.21. The van der Waals surface area contributed by atoms with Gasteiger partial charge in [0.25, 0.3) is 0 Å². The van der Waals surface area contributed by atoms with E-state index in [-0.39, 0.29) is 38.2 Å². The molecule has 6 rings (SSSR count). The summed E-state index contributed by atoms with van der Waals surface area (Å²) >= 11 is 0. The topological polar surface area (TPSA) is 96.8 Å². The molecule has 0 radical (unpaired) electrons. The van der Waals surface area contributed by atoms with Crippen molar-refractivity contribution < 1.29 is 15.3 Å². The molecule has 74 heavy (non-hydrogen) atoms. The summed E-state index contributed by atoms with van der Waals surface area (Å²) in [5, 5.41) is 40.8. The fraction of sp³-hybridized carbons (Fsp3) is 0.471. The maximum atomic E-state index is 10.7. The monoisotopic (exact) mass is 1000 g/mol. The standard InChI is InChI=1S/C28H43NO.2C20H27NO/c1-25(2,3)18-27(7,8)20-11-13-21(14-12-20)29-22-15-16-23(24(30)17-22)28(9,10)19-26(4,5)6;1-19(2,3)14-20(4,5)15-9-11-16(12-10-15)21-17-7-6-8-18(22)13-17;1-19(2,3)14-20(4,5)17-12-11-16(13-18(17)22)21-15-9-7-6-8-10-15/h11-17,29-30H,18-19H2,1-10H3;2*6-13,21-22H,14H2,1-5H3. The Hall–Kier alpha value is -5.88. The Kier molecular flexibility index (Phi) is 19.5. The van der Waals surface area contributed by atoms with Gasteiger partial charge in [0, 0.05) is 52.3 Å². The van der Waals surface area contributed by atoms with Crippen LogP contribution in [-0.2, 0) is 21.7 Å². The first-order chi connectivity index (χ1) is 33.8. The van der Waals surface area contributed by atoms with Crippen LogP contribution in [0.1, 0.15) is 186 Å². The quantitative estimate of drug-likeness (QED) is 0.0651. The summed E-state index contributed by atoms with van der Waals surface area (Å²) in [5.41, 5.74) is 11.7. The first-order valence-electron chi connectivity index (χ1n) is 26.9. The Morgan fingerprint density at radius 3 is 0.878 bits per heavy atom. The largest absolute Gasteiger partial charge is 0.508 e. The highest BCUT2D eigenvalue weighted by Gasteiger charge is 2.32. The SMILES string of the molecule is CC(C)(C)CC(C)(C)c1ccc(Nc2ccc(C(C)(C)CC(C)(C)C)c(O)c2)cc1.CC(C)(C)CC(C)(C)c1ccc(Nc2cccc(O)c2)cc1.CC(C)(C)CC(C)(C)c1ccc(Nc2ccccc2)cc1O. The van der Waals surface area contributed by atoms with E-state index in [9.17, 15) is 15.3 Å². The van der Waals surface area contributed by atoms with Gasteiger partial charge in [-0.1, -0.05) is 199 Å². The molecule has 0 bridgehead atoms. The van der Waals surface area contributed by atoms with Crippen molar-refractivity contribution in [3.63, 3.8) is 0 Å². The van der Waals surface area contributed by atoms with E-state index < -0.39 is 0 Å². The van der Waals surface area contributed by atoms with E-state index in [2.05, 4.69) is 215 Å². The number of rotatable bonds is 14. The Labute approximate surface area is 449 Å². The van der Waals surface area contributed by atoms with Gasteiger partial charge in [0.05, 0.1) is 0 Å². The molecule has 0 amide bonds. The number of aromatic hydroxyl groups is 3. The minimum absolute atomic E-state index is 0.0619. The number of benzene rings is 6. The number of phenols is 3. The summed E-state index contributed by atoms with van der Waals surface area (Å²) in [6.45, 7) is 45.2. The number of para-hydroxylation sites is 1. The number of hydrogen-bond acceptors (Lipinski definition) is 6. The van der Waals surface area contributed by atoms with Crippen molar-refractivity contribution >= 4 is 34.1 Å². The van der Waals surface area contributed by atoms with Crippen molar-refractivity contribution in [1.82, 2.24) is 0 Å². The van der Waals surface area contributed by atoms with Crippen molar-refractivity contribution in [3.8, 4) is 17.2 Å². The molecule has 0 saturated heterocycles. The van der Waals surface area contributed by atoms with Crippen molar-refractivity contribution in [3.05, 3.63) is 162 Å². The summed E-state index contributed by atoms with van der Waals surface area (Å²) in [7, 11) is 0. The summed E-state index contributed by atoms with van der Waals surface area (Å²) in [5.74, 6) is 0.986. The second-order valence-electron chi connectivity index (χ2n) is 28.4. The fourth-order valence-electron chi connectivity index (χ4n) is 11.7. The van der Waals surface area contributed by atoms with Crippen molar-refractivity contribution in [2.24, 2.45) is 21.7 Å². The lowest BCUT2D eigenvalue weighted by Crippen LogP contribution is -2.25. The number of hydrogen-bond donors (Lipinski definition) is 6. The molecule has 0 aliphatic carbocycles. The molecule has 402 valence electrons. The summed E-state index contributed by atoms with van der Waals surface area (Å²) in [6, 6.07) is 46.3. The Balaban J connectivity index is 0.000000245. The third-order valence-corrected chi connectivity index (χ3v) is 13.2. The molecule has 6 nitrogen and oxygen atoms in total. The maximum Gasteiger partial charge on any atom is 0.121 e. The molecule has 0 aliphatic rings. The minimum Gasteiger partial charge on any atom is -0.508 e. The smallest absolute Gasteiger partial charge is 0.121 e. The van der Waals surface area contributed by atoms with Crippen LogP contribution in [0.15, 0.2) is 140 Å². The normalized spacial score (nSPS) is 12.7. The van der Waals surface area contributed by atoms with Crippen molar-refractivity contribution in [1.29, 1.82) is 0 Å². The first kappa shape index (κ1) is 60.7. The third kappa shape index (κ3) is 20.1. The highest BCUT2D eigenvalue weighted by Crippen LogP contribution is 2.43. The van der Waals surface area contributed by atoms with E-state index in [0.717, 1.165) is 70.9 Å². The predicted molar refractivity (Wildman–Crippen MR) is 322 cm³/mol. The zero-order valence-electron chi connectivity index (χ0n) is 49.4. The summed E-state index contributed by atoms with van der Waals surface area (Å²) < 4.78 is 0. The van der Waals surface area contributed by atoms with Gasteiger partial charge in [-0.2, -0.15) is 0 Å². The van der Waals surface area contributed by atoms with Gasteiger partial charge in [-0.05, 0) is 152 Å². The Bertz CT molecular complexity index is 2680. The molecule has 6 aromatic rings. The Morgan fingerprint density at radius 1 is 0.284 bits per heavy atom. The van der Waals surface area contributed by atoms with E-state index in [1.54, 1.807) is 12.1 Å². The zero-order valence-corrected chi connectivity index (χ0v) is 49.4. The predicted octanol–water partition coefficient (Wildman–Crippen LogP) is 20.3. The number of nitrogens with one attached hydrogen (secondary N) is 3. The van der Waals surface area contributed by atoms with Gasteiger partial charge in [-0.3, -0.25) is 0 Å². The molecule has 0 atom stereocenters. The second-order valence-corrected chi connectivity index (χ2v) is 28.4. The van der Waals surface area contributed by atoms with E-state index in [4.69, 9.17) is 0 Å². The lowest BCUT2D eigenvalue weighted by molar-refractivity contribution is 0.278. The molecule has 0 unspecified atom stereocenters. The molecule has 0 fully saturated rings. The molecule has 0 saturated carbocycles. The molecule has 0 aliphatic heterocycles. The highest BCUT2D eigenvalue weighted by atomic mass is 16.3. The van der Waals surface area contributed by atoms with Crippen LogP contribution < -0.4 is 16.0 Å². The van der Waals surface area contributed by atoms with Crippen LogP contribution in [-0.4, -0.2) is 15.3 Å². The van der Waals surface area contributed by atoms with Crippen LogP contribution in [0.25, 0.3) is 0 Å². The minimum atomic E-state index is -0.0822. The molecule has 6 N–H and O–H groups in total. The molecule has 6 aromatic carbocycles. The van der Waals surface area contributed by atoms with Crippen molar-refractivity contribution in [2.75, 3.05) is 16.0 Å². The summed E-state index contributed by atoms with van der Waals surface area (Å²) in [4.78, 5) is 0. The third-order valence-electron chi connectivity index (χ3n) is 13.2. The zero-order chi connectivity index (χ0) is 55.7. The van der Waals surface area contributed by atoms with E-state index in [1.807, 2.05) is 66.7 Å². The van der Waals surface area contributed by atoms with Gasteiger partial charge >= 0.3 is 0 Å². The van der Waals surface area contributed by atoms with Gasteiger partial charge in [-0.25, -0.2) is 0 Å². The van der Waals surface area contributed by atoms with Gasteiger partial charge in [0.15, 0.2) is 0 Å². The van der Waals surface area contributed by atoms with Crippen LogP contribution >= 0.6 is 0 Å². The molecular weight excluding hydrogens is 907 g/mol. The highest BCUT2D eigenvalue weighted by molar-refractivity contribution is 5.65. The molecule has 0 aromatic heterocycles. The van der Waals surface area contributed by atoms with Gasteiger partial charge in [0.1, 0.15) is 17.2 Å².